The number of aliphatic hydroxyl groups excluding tert-OH is 1. The van der Waals surface area contributed by atoms with E-state index in [1.54, 1.807) is 11.3 Å². The molecule has 114 valence electrons. The minimum atomic E-state index is -0.0853. The van der Waals surface area contributed by atoms with Crippen LogP contribution in [-0.4, -0.2) is 22.2 Å². The van der Waals surface area contributed by atoms with Gasteiger partial charge in [0.15, 0.2) is 0 Å². The van der Waals surface area contributed by atoms with Crippen molar-refractivity contribution in [3.05, 3.63) is 16.1 Å². The molecule has 1 fully saturated rings. The molecule has 1 saturated carbocycles. The van der Waals surface area contributed by atoms with Crippen LogP contribution in [0.4, 0.5) is 0 Å². The molecule has 1 heterocycles. The molecule has 2 N–H and O–H groups in total. The van der Waals surface area contributed by atoms with Crippen LogP contribution in [0, 0.1) is 5.92 Å². The van der Waals surface area contributed by atoms with Crippen LogP contribution in [-0.2, 0) is 12.0 Å². The van der Waals surface area contributed by atoms with Crippen molar-refractivity contribution >= 4 is 11.3 Å². The highest BCUT2D eigenvalue weighted by atomic mass is 32.1. The maximum atomic E-state index is 9.76. The van der Waals surface area contributed by atoms with Gasteiger partial charge in [0.25, 0.3) is 0 Å². The second kappa shape index (κ2) is 6.12. The van der Waals surface area contributed by atoms with Crippen molar-refractivity contribution in [3.8, 4) is 0 Å². The van der Waals surface area contributed by atoms with E-state index in [-0.39, 0.29) is 17.6 Å². The molecular weight excluding hydrogens is 268 g/mol. The molecule has 0 spiro atoms. The maximum Gasteiger partial charge on any atom is 0.0982 e. The van der Waals surface area contributed by atoms with Gasteiger partial charge in [-0.15, -0.1) is 11.3 Å². The number of thiazole rings is 1. The minimum Gasteiger partial charge on any atom is -0.394 e. The fourth-order valence-corrected chi connectivity index (χ4v) is 3.62. The van der Waals surface area contributed by atoms with Crippen molar-refractivity contribution in [2.75, 3.05) is 6.61 Å². The molecule has 2 rings (SSSR count). The van der Waals surface area contributed by atoms with Crippen molar-refractivity contribution in [1.82, 2.24) is 10.3 Å². The lowest BCUT2D eigenvalue weighted by atomic mass is 9.77. The van der Waals surface area contributed by atoms with Gasteiger partial charge in [0.1, 0.15) is 0 Å². The summed E-state index contributed by atoms with van der Waals surface area (Å²) in [6.45, 7) is 9.89. The van der Waals surface area contributed by atoms with Gasteiger partial charge in [-0.25, -0.2) is 4.98 Å². The predicted octanol–water partition coefficient (Wildman–Crippen LogP) is 3.47. The highest BCUT2D eigenvalue weighted by molar-refractivity contribution is 7.09. The maximum absolute atomic E-state index is 9.76. The normalized spacial score (nSPS) is 27.8. The Hall–Kier alpha value is -0.450. The van der Waals surface area contributed by atoms with E-state index in [0.717, 1.165) is 31.0 Å². The smallest absolute Gasteiger partial charge is 0.0982 e. The zero-order valence-corrected chi connectivity index (χ0v) is 14.0. The fraction of sp³-hybridized carbons (Fsp3) is 0.812. The number of nitrogens with zero attached hydrogens (tertiary/aromatic N) is 1. The Bertz CT molecular complexity index is 428. The Morgan fingerprint density at radius 3 is 2.55 bits per heavy atom. The molecule has 0 bridgehead atoms. The van der Waals surface area contributed by atoms with Gasteiger partial charge in [0, 0.05) is 22.9 Å². The first-order valence-electron chi connectivity index (χ1n) is 7.65. The molecule has 0 unspecified atom stereocenters. The largest absolute Gasteiger partial charge is 0.394 e. The molecule has 0 amide bonds. The zero-order valence-electron chi connectivity index (χ0n) is 13.2. The number of rotatable bonds is 4. The van der Waals surface area contributed by atoms with Crippen LogP contribution in [0.3, 0.4) is 0 Å². The lowest BCUT2D eigenvalue weighted by molar-refractivity contribution is 0.104. The molecular formula is C16H28N2OS. The van der Waals surface area contributed by atoms with Crippen LogP contribution in [0.15, 0.2) is 5.38 Å². The van der Waals surface area contributed by atoms with E-state index < -0.39 is 0 Å². The second-order valence-corrected chi connectivity index (χ2v) is 8.23. The predicted molar refractivity (Wildman–Crippen MR) is 85.1 cm³/mol. The van der Waals surface area contributed by atoms with Gasteiger partial charge in [-0.05, 0) is 31.6 Å². The summed E-state index contributed by atoms with van der Waals surface area (Å²) in [5.41, 5.74) is 1.14. The van der Waals surface area contributed by atoms with Crippen LogP contribution < -0.4 is 5.32 Å². The van der Waals surface area contributed by atoms with Crippen LogP contribution in [0.2, 0.25) is 0 Å². The van der Waals surface area contributed by atoms with Gasteiger partial charge in [-0.1, -0.05) is 27.7 Å². The first-order valence-corrected chi connectivity index (χ1v) is 8.53. The molecule has 4 heteroatoms. The molecule has 0 atom stereocenters. The highest BCUT2D eigenvalue weighted by Gasteiger charge is 2.33. The molecule has 0 aromatic carbocycles. The van der Waals surface area contributed by atoms with Crippen LogP contribution in [0.5, 0.6) is 0 Å². The summed E-state index contributed by atoms with van der Waals surface area (Å²) < 4.78 is 0. The Labute approximate surface area is 126 Å². The summed E-state index contributed by atoms with van der Waals surface area (Å²) in [4.78, 5) is 4.72. The molecule has 20 heavy (non-hydrogen) atoms. The highest BCUT2D eigenvalue weighted by Crippen LogP contribution is 2.32. The zero-order chi connectivity index (χ0) is 14.8. The third-order valence-corrected chi connectivity index (χ3v) is 5.69. The van der Waals surface area contributed by atoms with Gasteiger partial charge in [0.05, 0.1) is 17.3 Å². The van der Waals surface area contributed by atoms with Gasteiger partial charge in [-0.3, -0.25) is 0 Å². The van der Waals surface area contributed by atoms with E-state index in [2.05, 4.69) is 38.4 Å². The standard InChI is InChI=1S/C16H28N2OS/c1-12-5-7-16(11-19,8-6-12)17-9-13-10-20-14(18-13)15(2,3)4/h10,12,17,19H,5-9,11H2,1-4H3. The Morgan fingerprint density at radius 1 is 1.40 bits per heavy atom. The topological polar surface area (TPSA) is 45.1 Å². The van der Waals surface area contributed by atoms with Gasteiger partial charge in [-0.2, -0.15) is 0 Å². The van der Waals surface area contributed by atoms with Crippen LogP contribution in [0.25, 0.3) is 0 Å². The van der Waals surface area contributed by atoms with E-state index in [1.807, 2.05) is 0 Å². The summed E-state index contributed by atoms with van der Waals surface area (Å²) in [7, 11) is 0. The van der Waals surface area contributed by atoms with Crippen molar-refractivity contribution in [2.45, 2.75) is 70.9 Å². The Balaban J connectivity index is 1.95. The quantitative estimate of drug-likeness (QED) is 0.894. The number of aromatic nitrogens is 1. The summed E-state index contributed by atoms with van der Waals surface area (Å²) in [6.07, 6.45) is 4.55. The first kappa shape index (κ1) is 15.9. The van der Waals surface area contributed by atoms with Crippen molar-refractivity contribution in [3.63, 3.8) is 0 Å². The van der Waals surface area contributed by atoms with Crippen molar-refractivity contribution in [1.29, 1.82) is 0 Å². The molecule has 1 aliphatic carbocycles. The summed E-state index contributed by atoms with van der Waals surface area (Å²) in [5, 5.41) is 16.7. The second-order valence-electron chi connectivity index (χ2n) is 7.37. The van der Waals surface area contributed by atoms with E-state index in [9.17, 15) is 5.11 Å². The summed E-state index contributed by atoms with van der Waals surface area (Å²) >= 11 is 1.74. The van der Waals surface area contributed by atoms with E-state index in [4.69, 9.17) is 4.98 Å². The van der Waals surface area contributed by atoms with Crippen molar-refractivity contribution in [2.24, 2.45) is 5.92 Å². The third-order valence-electron chi connectivity index (χ3n) is 4.37. The summed E-state index contributed by atoms with van der Waals surface area (Å²) in [6, 6.07) is 0. The third kappa shape index (κ3) is 3.80. The SMILES string of the molecule is CC1CCC(CO)(NCc2csc(C(C)(C)C)n2)CC1. The molecule has 1 aromatic heterocycles. The number of nitrogens with one attached hydrogen (secondary N) is 1. The fourth-order valence-electron chi connectivity index (χ4n) is 2.72. The Morgan fingerprint density at radius 2 is 2.05 bits per heavy atom. The van der Waals surface area contributed by atoms with Crippen molar-refractivity contribution < 1.29 is 5.11 Å². The average Bonchev–Trinajstić information content (AvgIpc) is 2.88. The van der Waals surface area contributed by atoms with E-state index in [1.165, 1.54) is 17.8 Å². The van der Waals surface area contributed by atoms with Gasteiger partial charge in [0.2, 0.25) is 0 Å². The monoisotopic (exact) mass is 296 g/mol. The minimum absolute atomic E-state index is 0.0853. The number of hydrogen-bond acceptors (Lipinski definition) is 4. The average molecular weight is 296 g/mol. The molecule has 3 nitrogen and oxygen atoms in total. The Kier molecular flexibility index (Phi) is 4.88. The van der Waals surface area contributed by atoms with Crippen LogP contribution >= 0.6 is 11.3 Å². The molecule has 0 saturated heterocycles. The molecule has 1 aromatic rings. The van der Waals surface area contributed by atoms with E-state index in [0.29, 0.717) is 0 Å². The lowest BCUT2D eigenvalue weighted by Gasteiger charge is -2.38. The van der Waals surface area contributed by atoms with Gasteiger partial charge < -0.3 is 10.4 Å². The lowest BCUT2D eigenvalue weighted by Crippen LogP contribution is -2.50. The number of hydrogen-bond donors (Lipinski definition) is 2. The van der Waals surface area contributed by atoms with Crippen LogP contribution in [0.1, 0.15) is 64.1 Å². The molecule has 1 aliphatic rings. The molecule has 0 aliphatic heterocycles. The summed E-state index contributed by atoms with van der Waals surface area (Å²) in [5.74, 6) is 0.795. The first-order chi connectivity index (χ1) is 9.35. The number of aliphatic hydroxyl groups is 1. The molecule has 0 radical (unpaired) electrons. The van der Waals surface area contributed by atoms with Gasteiger partial charge >= 0.3 is 0 Å². The van der Waals surface area contributed by atoms with E-state index >= 15 is 0 Å².